The molecular formula is C12H14INO2. The van der Waals surface area contributed by atoms with E-state index in [9.17, 15) is 4.79 Å². The molecule has 0 bridgehead atoms. The van der Waals surface area contributed by atoms with Crippen molar-refractivity contribution >= 4 is 28.5 Å². The summed E-state index contributed by atoms with van der Waals surface area (Å²) in [5.41, 5.74) is 0.738. The Balaban J connectivity index is 2.06. The van der Waals surface area contributed by atoms with Gasteiger partial charge in [0.25, 0.3) is 5.91 Å². The Morgan fingerprint density at radius 1 is 1.50 bits per heavy atom. The Morgan fingerprint density at radius 2 is 2.25 bits per heavy atom. The Morgan fingerprint density at radius 3 is 2.88 bits per heavy atom. The van der Waals surface area contributed by atoms with Crippen LogP contribution in [-0.4, -0.2) is 24.7 Å². The van der Waals surface area contributed by atoms with E-state index in [4.69, 9.17) is 4.74 Å². The van der Waals surface area contributed by atoms with Crippen LogP contribution in [0, 0.1) is 3.57 Å². The van der Waals surface area contributed by atoms with E-state index in [1.807, 2.05) is 31.2 Å². The zero-order valence-corrected chi connectivity index (χ0v) is 11.2. The van der Waals surface area contributed by atoms with Crippen molar-refractivity contribution in [2.75, 3.05) is 6.61 Å². The van der Waals surface area contributed by atoms with Gasteiger partial charge in [0.15, 0.2) is 0 Å². The second kappa shape index (κ2) is 5.14. The van der Waals surface area contributed by atoms with Gasteiger partial charge >= 0.3 is 0 Å². The molecule has 1 N–H and O–H groups in total. The van der Waals surface area contributed by atoms with Crippen LogP contribution in [0.5, 0.6) is 0 Å². The minimum atomic E-state index is -0.00708. The van der Waals surface area contributed by atoms with Crippen LogP contribution < -0.4 is 5.32 Å². The van der Waals surface area contributed by atoms with E-state index in [0.717, 1.165) is 22.2 Å². The van der Waals surface area contributed by atoms with E-state index in [0.29, 0.717) is 0 Å². The number of benzene rings is 1. The van der Waals surface area contributed by atoms with Crippen LogP contribution in [0.15, 0.2) is 24.3 Å². The lowest BCUT2D eigenvalue weighted by atomic mass is 10.1. The molecule has 1 aromatic carbocycles. The largest absolute Gasteiger partial charge is 0.376 e. The maximum atomic E-state index is 12.0. The van der Waals surface area contributed by atoms with Crippen molar-refractivity contribution in [3.05, 3.63) is 33.4 Å². The first-order valence-electron chi connectivity index (χ1n) is 5.35. The second-order valence-corrected chi connectivity index (χ2v) is 5.09. The number of hydrogen-bond donors (Lipinski definition) is 1. The molecule has 3 nitrogen and oxygen atoms in total. The Hall–Kier alpha value is -0.620. The fourth-order valence-corrected chi connectivity index (χ4v) is 2.45. The van der Waals surface area contributed by atoms with E-state index in [2.05, 4.69) is 27.9 Å². The third kappa shape index (κ3) is 2.55. The molecule has 4 heteroatoms. The highest BCUT2D eigenvalue weighted by Crippen LogP contribution is 2.15. The third-order valence-corrected chi connectivity index (χ3v) is 3.75. The molecule has 1 amide bonds. The highest BCUT2D eigenvalue weighted by Gasteiger charge is 2.26. The number of ether oxygens (including phenoxy) is 1. The van der Waals surface area contributed by atoms with Crippen LogP contribution in [0.3, 0.4) is 0 Å². The van der Waals surface area contributed by atoms with Crippen molar-refractivity contribution in [2.45, 2.75) is 25.5 Å². The van der Waals surface area contributed by atoms with Crippen LogP contribution in [0.4, 0.5) is 0 Å². The molecule has 0 aliphatic carbocycles. The average Bonchev–Trinajstić information content (AvgIpc) is 2.65. The topological polar surface area (TPSA) is 38.3 Å². The van der Waals surface area contributed by atoms with E-state index < -0.39 is 0 Å². The molecule has 2 atom stereocenters. The van der Waals surface area contributed by atoms with Gasteiger partial charge in [-0.15, -0.1) is 0 Å². The highest BCUT2D eigenvalue weighted by atomic mass is 127. The fourth-order valence-electron chi connectivity index (χ4n) is 1.81. The molecule has 1 fully saturated rings. The lowest BCUT2D eigenvalue weighted by Gasteiger charge is -2.16. The van der Waals surface area contributed by atoms with Gasteiger partial charge in [-0.2, -0.15) is 0 Å². The molecule has 86 valence electrons. The van der Waals surface area contributed by atoms with Crippen molar-refractivity contribution in [1.29, 1.82) is 0 Å². The van der Waals surface area contributed by atoms with Crippen LogP contribution >= 0.6 is 22.6 Å². The SMILES string of the molecule is CC1OCCC1NC(=O)c1ccccc1I. The number of carbonyl (C=O) groups excluding carboxylic acids is 1. The predicted octanol–water partition coefficient (Wildman–Crippen LogP) is 2.20. The molecule has 0 spiro atoms. The number of nitrogens with one attached hydrogen (secondary N) is 1. The van der Waals surface area contributed by atoms with Gasteiger partial charge in [-0.3, -0.25) is 4.79 Å². The van der Waals surface area contributed by atoms with Crippen molar-refractivity contribution in [3.63, 3.8) is 0 Å². The number of halogens is 1. The molecule has 1 saturated heterocycles. The number of carbonyl (C=O) groups is 1. The number of amides is 1. The van der Waals surface area contributed by atoms with Crippen molar-refractivity contribution in [2.24, 2.45) is 0 Å². The van der Waals surface area contributed by atoms with Crippen LogP contribution in [0.25, 0.3) is 0 Å². The normalized spacial score (nSPS) is 24.4. The molecule has 16 heavy (non-hydrogen) atoms. The van der Waals surface area contributed by atoms with Crippen LogP contribution in [0.1, 0.15) is 23.7 Å². The standard InChI is InChI=1S/C12H14INO2/c1-8-11(6-7-16-8)14-12(15)9-4-2-3-5-10(9)13/h2-5,8,11H,6-7H2,1H3,(H,14,15). The summed E-state index contributed by atoms with van der Waals surface area (Å²) in [6.07, 6.45) is 1.02. The molecule has 2 unspecified atom stereocenters. The lowest BCUT2D eigenvalue weighted by molar-refractivity contribution is 0.0865. The minimum Gasteiger partial charge on any atom is -0.376 e. The molecule has 0 aromatic heterocycles. The van der Waals surface area contributed by atoms with Gasteiger partial charge in [-0.05, 0) is 48.1 Å². The summed E-state index contributed by atoms with van der Waals surface area (Å²) >= 11 is 2.18. The van der Waals surface area contributed by atoms with Gasteiger partial charge in [0.1, 0.15) is 0 Å². The maximum Gasteiger partial charge on any atom is 0.252 e. The van der Waals surface area contributed by atoms with Gasteiger partial charge in [0.2, 0.25) is 0 Å². The monoisotopic (exact) mass is 331 g/mol. The Labute approximate surface area is 109 Å². The minimum absolute atomic E-state index is 0.00708. The summed E-state index contributed by atoms with van der Waals surface area (Å²) in [5, 5.41) is 3.02. The summed E-state index contributed by atoms with van der Waals surface area (Å²) < 4.78 is 6.39. The fraction of sp³-hybridized carbons (Fsp3) is 0.417. The van der Waals surface area contributed by atoms with Gasteiger partial charge in [-0.1, -0.05) is 12.1 Å². The summed E-state index contributed by atoms with van der Waals surface area (Å²) in [6.45, 7) is 2.73. The second-order valence-electron chi connectivity index (χ2n) is 3.92. The zero-order chi connectivity index (χ0) is 11.5. The van der Waals surface area contributed by atoms with Crippen molar-refractivity contribution in [3.8, 4) is 0 Å². The predicted molar refractivity (Wildman–Crippen MR) is 70.4 cm³/mol. The Bertz CT molecular complexity index is 394. The smallest absolute Gasteiger partial charge is 0.252 e. The maximum absolute atomic E-state index is 12.0. The molecule has 1 heterocycles. The molecule has 1 aromatic rings. The molecule has 1 aliphatic rings. The average molecular weight is 331 g/mol. The molecule has 1 aliphatic heterocycles. The van der Waals surface area contributed by atoms with Crippen molar-refractivity contribution in [1.82, 2.24) is 5.32 Å². The van der Waals surface area contributed by atoms with Crippen LogP contribution in [-0.2, 0) is 4.74 Å². The highest BCUT2D eigenvalue weighted by molar-refractivity contribution is 14.1. The van der Waals surface area contributed by atoms with Crippen LogP contribution in [0.2, 0.25) is 0 Å². The quantitative estimate of drug-likeness (QED) is 0.844. The van der Waals surface area contributed by atoms with Gasteiger partial charge in [0, 0.05) is 10.2 Å². The molecular weight excluding hydrogens is 317 g/mol. The first-order chi connectivity index (χ1) is 7.68. The van der Waals surface area contributed by atoms with Gasteiger partial charge in [-0.25, -0.2) is 0 Å². The summed E-state index contributed by atoms with van der Waals surface area (Å²) in [5.74, 6) is -0.00708. The summed E-state index contributed by atoms with van der Waals surface area (Å²) in [6, 6.07) is 7.73. The van der Waals surface area contributed by atoms with Crippen molar-refractivity contribution < 1.29 is 9.53 Å². The van der Waals surface area contributed by atoms with E-state index in [-0.39, 0.29) is 18.1 Å². The van der Waals surface area contributed by atoms with Gasteiger partial charge < -0.3 is 10.1 Å². The molecule has 0 saturated carbocycles. The molecule has 0 radical (unpaired) electrons. The third-order valence-electron chi connectivity index (χ3n) is 2.81. The first-order valence-corrected chi connectivity index (χ1v) is 6.43. The lowest BCUT2D eigenvalue weighted by Crippen LogP contribution is -2.39. The van der Waals surface area contributed by atoms with E-state index in [1.54, 1.807) is 0 Å². The Kier molecular flexibility index (Phi) is 3.81. The van der Waals surface area contributed by atoms with E-state index in [1.165, 1.54) is 0 Å². The molecule has 2 rings (SSSR count). The first kappa shape index (κ1) is 11.9. The summed E-state index contributed by atoms with van der Waals surface area (Å²) in [4.78, 5) is 12.0. The summed E-state index contributed by atoms with van der Waals surface area (Å²) in [7, 11) is 0. The number of rotatable bonds is 2. The van der Waals surface area contributed by atoms with E-state index >= 15 is 0 Å². The number of hydrogen-bond acceptors (Lipinski definition) is 2. The van der Waals surface area contributed by atoms with Gasteiger partial charge in [0.05, 0.1) is 17.7 Å². The zero-order valence-electron chi connectivity index (χ0n) is 9.07.